The summed E-state index contributed by atoms with van der Waals surface area (Å²) in [7, 11) is 0. The average Bonchev–Trinajstić information content (AvgIpc) is 2.95. The maximum atomic E-state index is 6.48. The van der Waals surface area contributed by atoms with Crippen LogP contribution in [0.4, 0.5) is 0 Å². The van der Waals surface area contributed by atoms with Crippen LogP contribution in [-0.4, -0.2) is 10.1 Å². The molecule has 5 heteroatoms. The Hall–Kier alpha value is -1.39. The summed E-state index contributed by atoms with van der Waals surface area (Å²) in [5.74, 6) is 1.93. The number of aromatic nitrogens is 2. The van der Waals surface area contributed by atoms with Gasteiger partial charge in [0.1, 0.15) is 0 Å². The van der Waals surface area contributed by atoms with Gasteiger partial charge in [-0.15, -0.1) is 12.4 Å². The Morgan fingerprint density at radius 3 is 2.71 bits per heavy atom. The lowest BCUT2D eigenvalue weighted by Crippen LogP contribution is -2.34. The molecule has 2 N–H and O–H groups in total. The fourth-order valence-electron chi connectivity index (χ4n) is 4.96. The Morgan fingerprint density at radius 2 is 1.88 bits per heavy atom. The van der Waals surface area contributed by atoms with Crippen LogP contribution in [0.2, 0.25) is 0 Å². The standard InChI is InChI=1S/C19H23N3O.ClH/c20-19(10-3-4-11-19)17-21-16(23-22-17)15-12-18(15)9-5-7-13-6-1-2-8-14(13)18;/h1-2,6,8,15H,3-5,7,9-12,20H2;1H. The predicted octanol–water partition coefficient (Wildman–Crippen LogP) is 3.98. The largest absolute Gasteiger partial charge is 0.339 e. The normalized spacial score (nSPS) is 30.0. The van der Waals surface area contributed by atoms with Crippen molar-refractivity contribution in [1.82, 2.24) is 10.1 Å². The van der Waals surface area contributed by atoms with Gasteiger partial charge >= 0.3 is 0 Å². The molecule has 1 spiro atoms. The number of nitrogens with zero attached hydrogens (tertiary/aromatic N) is 2. The van der Waals surface area contributed by atoms with E-state index >= 15 is 0 Å². The molecule has 5 rings (SSSR count). The van der Waals surface area contributed by atoms with Crippen LogP contribution in [0.1, 0.15) is 73.7 Å². The molecular weight excluding hydrogens is 322 g/mol. The van der Waals surface area contributed by atoms with Crippen LogP contribution >= 0.6 is 12.4 Å². The molecule has 2 atom stereocenters. The van der Waals surface area contributed by atoms with E-state index in [9.17, 15) is 0 Å². The van der Waals surface area contributed by atoms with Gasteiger partial charge in [-0.1, -0.05) is 42.3 Å². The van der Waals surface area contributed by atoms with Gasteiger partial charge in [0.2, 0.25) is 5.89 Å². The zero-order valence-corrected chi connectivity index (χ0v) is 14.6. The van der Waals surface area contributed by atoms with Crippen LogP contribution in [0.5, 0.6) is 0 Å². The number of halogens is 1. The molecule has 4 nitrogen and oxygen atoms in total. The fourth-order valence-corrected chi connectivity index (χ4v) is 4.96. The van der Waals surface area contributed by atoms with E-state index in [1.54, 1.807) is 0 Å². The molecule has 2 unspecified atom stereocenters. The van der Waals surface area contributed by atoms with Gasteiger partial charge in [0.25, 0.3) is 0 Å². The Balaban J connectivity index is 0.00000146. The molecule has 0 bridgehead atoms. The van der Waals surface area contributed by atoms with Crippen molar-refractivity contribution in [1.29, 1.82) is 0 Å². The van der Waals surface area contributed by atoms with Crippen LogP contribution in [0.3, 0.4) is 0 Å². The van der Waals surface area contributed by atoms with Crippen molar-refractivity contribution in [2.24, 2.45) is 5.73 Å². The van der Waals surface area contributed by atoms with Gasteiger partial charge in [-0.05, 0) is 49.7 Å². The lowest BCUT2D eigenvalue weighted by atomic mass is 9.78. The van der Waals surface area contributed by atoms with Crippen molar-refractivity contribution >= 4 is 12.4 Å². The smallest absolute Gasteiger partial charge is 0.230 e. The zero-order valence-electron chi connectivity index (χ0n) is 13.8. The van der Waals surface area contributed by atoms with Crippen molar-refractivity contribution in [3.63, 3.8) is 0 Å². The number of benzene rings is 1. The minimum Gasteiger partial charge on any atom is -0.339 e. The predicted molar refractivity (Wildman–Crippen MR) is 94.3 cm³/mol. The molecule has 2 saturated carbocycles. The summed E-state index contributed by atoms with van der Waals surface area (Å²) in [4.78, 5) is 4.75. The molecule has 1 heterocycles. The maximum absolute atomic E-state index is 6.48. The van der Waals surface area contributed by atoms with Crippen LogP contribution in [0, 0.1) is 0 Å². The van der Waals surface area contributed by atoms with Gasteiger partial charge in [0, 0.05) is 11.3 Å². The van der Waals surface area contributed by atoms with E-state index in [2.05, 4.69) is 29.4 Å². The number of hydrogen-bond acceptors (Lipinski definition) is 4. The summed E-state index contributed by atoms with van der Waals surface area (Å²) in [6.45, 7) is 0. The Labute approximate surface area is 148 Å². The summed E-state index contributed by atoms with van der Waals surface area (Å²) < 4.78 is 5.67. The van der Waals surface area contributed by atoms with E-state index in [4.69, 9.17) is 15.2 Å². The van der Waals surface area contributed by atoms with Gasteiger partial charge in [0.05, 0.1) is 5.54 Å². The highest BCUT2D eigenvalue weighted by Crippen LogP contribution is 2.65. The lowest BCUT2D eigenvalue weighted by molar-refractivity contribution is 0.342. The monoisotopic (exact) mass is 345 g/mol. The first kappa shape index (κ1) is 16.1. The van der Waals surface area contributed by atoms with Gasteiger partial charge in [-0.3, -0.25) is 0 Å². The van der Waals surface area contributed by atoms with Crippen molar-refractivity contribution < 1.29 is 4.52 Å². The van der Waals surface area contributed by atoms with Gasteiger partial charge in [-0.25, -0.2) is 0 Å². The molecule has 3 aliphatic rings. The first-order valence-electron chi connectivity index (χ1n) is 8.93. The Morgan fingerprint density at radius 1 is 1.08 bits per heavy atom. The second kappa shape index (κ2) is 5.57. The number of rotatable bonds is 2. The molecule has 0 aliphatic heterocycles. The van der Waals surface area contributed by atoms with Crippen molar-refractivity contribution in [3.05, 3.63) is 47.1 Å². The summed E-state index contributed by atoms with van der Waals surface area (Å²) in [5, 5.41) is 4.25. The van der Waals surface area contributed by atoms with Crippen LogP contribution in [0.25, 0.3) is 0 Å². The summed E-state index contributed by atoms with van der Waals surface area (Å²) in [5.41, 5.74) is 9.39. The highest BCUT2D eigenvalue weighted by molar-refractivity contribution is 5.85. The van der Waals surface area contributed by atoms with Gasteiger partial charge in [-0.2, -0.15) is 4.98 Å². The van der Waals surface area contributed by atoms with E-state index in [1.807, 2.05) is 0 Å². The van der Waals surface area contributed by atoms with Crippen molar-refractivity contribution in [2.45, 2.75) is 68.2 Å². The SMILES string of the molecule is Cl.NC1(c2noc(C3CC34CCCc3ccccc34)n2)CCCC1. The maximum Gasteiger partial charge on any atom is 0.230 e. The first-order valence-corrected chi connectivity index (χ1v) is 8.93. The molecule has 0 radical (unpaired) electrons. The molecule has 0 saturated heterocycles. The van der Waals surface area contributed by atoms with E-state index < -0.39 is 0 Å². The molecular formula is C19H24ClN3O. The van der Waals surface area contributed by atoms with Gasteiger partial charge < -0.3 is 10.3 Å². The highest BCUT2D eigenvalue weighted by atomic mass is 35.5. The molecule has 128 valence electrons. The second-order valence-electron chi connectivity index (χ2n) is 7.74. The van der Waals surface area contributed by atoms with E-state index in [0.29, 0.717) is 5.92 Å². The molecule has 24 heavy (non-hydrogen) atoms. The van der Waals surface area contributed by atoms with Crippen molar-refractivity contribution in [3.8, 4) is 0 Å². The topological polar surface area (TPSA) is 64.9 Å². The number of hydrogen-bond donors (Lipinski definition) is 1. The van der Waals surface area contributed by atoms with Gasteiger partial charge in [0.15, 0.2) is 5.82 Å². The summed E-state index contributed by atoms with van der Waals surface area (Å²) in [6, 6.07) is 8.89. The number of nitrogens with two attached hydrogens (primary N) is 1. The van der Waals surface area contributed by atoms with Crippen LogP contribution in [0.15, 0.2) is 28.8 Å². The third kappa shape index (κ3) is 2.23. The first-order chi connectivity index (χ1) is 11.2. The number of aryl methyl sites for hydroxylation is 1. The third-order valence-corrected chi connectivity index (χ3v) is 6.38. The molecule has 1 aromatic heterocycles. The Bertz CT molecular complexity index is 753. The van der Waals surface area contributed by atoms with E-state index in [0.717, 1.165) is 31.0 Å². The van der Waals surface area contributed by atoms with Crippen LogP contribution in [-0.2, 0) is 17.4 Å². The van der Waals surface area contributed by atoms with E-state index in [-0.39, 0.29) is 23.4 Å². The average molecular weight is 346 g/mol. The third-order valence-electron chi connectivity index (χ3n) is 6.38. The minimum absolute atomic E-state index is 0. The molecule has 3 aliphatic carbocycles. The Kier molecular flexibility index (Phi) is 3.73. The number of fused-ring (bicyclic) bond motifs is 2. The second-order valence-corrected chi connectivity index (χ2v) is 7.74. The quantitative estimate of drug-likeness (QED) is 0.894. The summed E-state index contributed by atoms with van der Waals surface area (Å²) >= 11 is 0. The summed E-state index contributed by atoms with van der Waals surface area (Å²) in [6.07, 6.45) is 9.13. The fraction of sp³-hybridized carbons (Fsp3) is 0.579. The molecule has 2 fully saturated rings. The minimum atomic E-state index is -0.353. The van der Waals surface area contributed by atoms with Crippen molar-refractivity contribution in [2.75, 3.05) is 0 Å². The molecule has 2 aromatic rings. The van der Waals surface area contributed by atoms with E-state index in [1.165, 1.54) is 43.2 Å². The zero-order chi connectivity index (χ0) is 15.5. The lowest BCUT2D eigenvalue weighted by Gasteiger charge is -2.26. The highest BCUT2D eigenvalue weighted by Gasteiger charge is 2.60. The van der Waals surface area contributed by atoms with Crippen LogP contribution < -0.4 is 5.73 Å². The molecule has 1 aromatic carbocycles. The molecule has 0 amide bonds.